The highest BCUT2D eigenvalue weighted by Gasteiger charge is 2.23. The third kappa shape index (κ3) is 4.96. The van der Waals surface area contributed by atoms with Gasteiger partial charge in [-0.2, -0.15) is 0 Å². The molecule has 1 aliphatic heterocycles. The molecule has 0 atom stereocenters. The molecule has 1 saturated heterocycles. The summed E-state index contributed by atoms with van der Waals surface area (Å²) in [4.78, 5) is 14.3. The SMILES string of the molecule is C#CCOCC1CCN(C(=O)Nc2cc(OC)c(OC)c(OC)c2)CC1. The topological polar surface area (TPSA) is 69.3 Å². The van der Waals surface area contributed by atoms with Crippen LogP contribution in [0.2, 0.25) is 0 Å². The number of benzene rings is 1. The first kappa shape index (κ1) is 19.7. The number of piperidine rings is 1. The molecule has 1 N–H and O–H groups in total. The number of amides is 2. The van der Waals surface area contributed by atoms with E-state index in [1.807, 2.05) is 0 Å². The van der Waals surface area contributed by atoms with Crippen LogP contribution in [0, 0.1) is 18.3 Å². The lowest BCUT2D eigenvalue weighted by Crippen LogP contribution is -2.41. The normalized spacial score (nSPS) is 14.5. The van der Waals surface area contributed by atoms with E-state index >= 15 is 0 Å². The predicted octanol–water partition coefficient (Wildman–Crippen LogP) is 2.61. The first-order valence-electron chi connectivity index (χ1n) is 8.50. The van der Waals surface area contributed by atoms with E-state index in [9.17, 15) is 4.79 Å². The summed E-state index contributed by atoms with van der Waals surface area (Å²) in [7, 11) is 4.61. The number of hydrogen-bond acceptors (Lipinski definition) is 5. The van der Waals surface area contributed by atoms with Gasteiger partial charge in [0.2, 0.25) is 5.75 Å². The number of likely N-dealkylation sites (tertiary alicyclic amines) is 1. The van der Waals surface area contributed by atoms with Crippen molar-refractivity contribution < 1.29 is 23.7 Å². The Morgan fingerprint density at radius 1 is 1.19 bits per heavy atom. The lowest BCUT2D eigenvalue weighted by Gasteiger charge is -2.31. The van der Waals surface area contributed by atoms with Crippen LogP contribution in [0.1, 0.15) is 12.8 Å². The van der Waals surface area contributed by atoms with Crippen LogP contribution in [0.25, 0.3) is 0 Å². The van der Waals surface area contributed by atoms with Gasteiger partial charge in [-0.3, -0.25) is 0 Å². The van der Waals surface area contributed by atoms with Crippen molar-refractivity contribution in [3.63, 3.8) is 0 Å². The second kappa shape index (κ2) is 9.78. The van der Waals surface area contributed by atoms with Crippen LogP contribution < -0.4 is 19.5 Å². The molecule has 0 bridgehead atoms. The van der Waals surface area contributed by atoms with Gasteiger partial charge >= 0.3 is 6.03 Å². The molecule has 0 radical (unpaired) electrons. The number of methoxy groups -OCH3 is 3. The Kier molecular flexibility index (Phi) is 7.42. The number of carbonyl (C=O) groups excluding carboxylic acids is 1. The van der Waals surface area contributed by atoms with Gasteiger partial charge in [-0.1, -0.05) is 5.92 Å². The zero-order valence-electron chi connectivity index (χ0n) is 15.5. The molecule has 7 heteroatoms. The van der Waals surface area contributed by atoms with Crippen LogP contribution >= 0.6 is 0 Å². The molecule has 0 aliphatic carbocycles. The quantitative estimate of drug-likeness (QED) is 0.596. The maximum atomic E-state index is 12.5. The van der Waals surface area contributed by atoms with Crippen LogP contribution in [0.4, 0.5) is 10.5 Å². The summed E-state index contributed by atoms with van der Waals surface area (Å²) in [5.41, 5.74) is 0.587. The molecule has 0 saturated carbocycles. The van der Waals surface area contributed by atoms with Crippen molar-refractivity contribution in [3.05, 3.63) is 12.1 Å². The molecule has 0 aromatic heterocycles. The monoisotopic (exact) mass is 362 g/mol. The maximum absolute atomic E-state index is 12.5. The van der Waals surface area contributed by atoms with Crippen molar-refractivity contribution in [3.8, 4) is 29.6 Å². The van der Waals surface area contributed by atoms with Crippen LogP contribution in [-0.2, 0) is 4.74 Å². The molecule has 2 rings (SSSR count). The number of ether oxygens (including phenoxy) is 4. The molecule has 1 heterocycles. The molecule has 1 aromatic rings. The maximum Gasteiger partial charge on any atom is 0.321 e. The van der Waals surface area contributed by atoms with Crippen molar-refractivity contribution in [2.24, 2.45) is 5.92 Å². The molecular weight excluding hydrogens is 336 g/mol. The van der Waals surface area contributed by atoms with Crippen LogP contribution in [0.3, 0.4) is 0 Å². The van der Waals surface area contributed by atoms with E-state index in [0.717, 1.165) is 12.8 Å². The van der Waals surface area contributed by atoms with Crippen LogP contribution in [-0.4, -0.2) is 58.6 Å². The van der Waals surface area contributed by atoms with Gasteiger partial charge in [0.1, 0.15) is 6.61 Å². The highest BCUT2D eigenvalue weighted by Crippen LogP contribution is 2.40. The lowest BCUT2D eigenvalue weighted by molar-refractivity contribution is 0.0932. The van der Waals surface area contributed by atoms with Crippen molar-refractivity contribution >= 4 is 11.7 Å². The summed E-state index contributed by atoms with van der Waals surface area (Å²) >= 11 is 0. The lowest BCUT2D eigenvalue weighted by atomic mass is 9.98. The number of carbonyl (C=O) groups is 1. The summed E-state index contributed by atoms with van der Waals surface area (Å²) in [5, 5.41) is 2.89. The zero-order chi connectivity index (χ0) is 18.9. The number of terminal acetylenes is 1. The standard InChI is InChI=1S/C19H26N2O5/c1-5-10-26-13-14-6-8-21(9-7-14)19(22)20-15-11-16(23-2)18(25-4)17(12-15)24-3/h1,11-12,14H,6-10,13H2,2-4H3,(H,20,22). The van der Waals surface area contributed by atoms with E-state index in [1.54, 1.807) is 17.0 Å². The van der Waals surface area contributed by atoms with Crippen molar-refractivity contribution in [2.45, 2.75) is 12.8 Å². The van der Waals surface area contributed by atoms with E-state index < -0.39 is 0 Å². The Morgan fingerprint density at radius 3 is 2.31 bits per heavy atom. The minimum Gasteiger partial charge on any atom is -0.493 e. The number of nitrogens with one attached hydrogen (secondary N) is 1. The first-order chi connectivity index (χ1) is 12.6. The molecule has 142 valence electrons. The van der Waals surface area contributed by atoms with E-state index in [4.69, 9.17) is 25.4 Å². The average molecular weight is 362 g/mol. The van der Waals surface area contributed by atoms with Crippen molar-refractivity contribution in [2.75, 3.05) is 52.9 Å². The minimum absolute atomic E-state index is 0.151. The third-order valence-electron chi connectivity index (χ3n) is 4.36. The highest BCUT2D eigenvalue weighted by molar-refractivity contribution is 5.90. The third-order valence-corrected chi connectivity index (χ3v) is 4.36. The van der Waals surface area contributed by atoms with Crippen LogP contribution in [0.15, 0.2) is 12.1 Å². The Labute approximate surface area is 154 Å². The summed E-state index contributed by atoms with van der Waals surface area (Å²) in [6, 6.07) is 3.27. The molecule has 1 aromatic carbocycles. The van der Waals surface area contributed by atoms with E-state index in [2.05, 4.69) is 11.2 Å². The summed E-state index contributed by atoms with van der Waals surface area (Å²) in [6.45, 7) is 2.34. The van der Waals surface area contributed by atoms with Crippen molar-refractivity contribution in [1.82, 2.24) is 4.90 Å². The number of urea groups is 1. The summed E-state index contributed by atoms with van der Waals surface area (Å²) in [5.74, 6) is 4.37. The molecule has 1 aliphatic rings. The Balaban J connectivity index is 1.95. The number of hydrogen-bond donors (Lipinski definition) is 1. The average Bonchev–Trinajstić information content (AvgIpc) is 2.67. The smallest absolute Gasteiger partial charge is 0.321 e. The van der Waals surface area contributed by atoms with Crippen molar-refractivity contribution in [1.29, 1.82) is 0 Å². The van der Waals surface area contributed by atoms with Gasteiger partial charge < -0.3 is 29.2 Å². The van der Waals surface area contributed by atoms with Gasteiger partial charge in [-0.15, -0.1) is 6.42 Å². The Morgan fingerprint density at radius 2 is 1.81 bits per heavy atom. The fourth-order valence-corrected chi connectivity index (χ4v) is 2.94. The van der Waals surface area contributed by atoms with Gasteiger partial charge in [-0.25, -0.2) is 4.79 Å². The molecule has 0 spiro atoms. The second-order valence-corrected chi connectivity index (χ2v) is 5.99. The molecule has 0 unspecified atom stereocenters. The molecule has 26 heavy (non-hydrogen) atoms. The van der Waals surface area contributed by atoms with Gasteiger partial charge in [0.25, 0.3) is 0 Å². The predicted molar refractivity (Wildman–Crippen MR) is 99.1 cm³/mol. The zero-order valence-corrected chi connectivity index (χ0v) is 15.5. The Hall–Kier alpha value is -2.59. The largest absolute Gasteiger partial charge is 0.493 e. The fraction of sp³-hybridized carbons (Fsp3) is 0.526. The summed E-state index contributed by atoms with van der Waals surface area (Å²) < 4.78 is 21.3. The first-order valence-corrected chi connectivity index (χ1v) is 8.50. The highest BCUT2D eigenvalue weighted by atomic mass is 16.5. The molecule has 2 amide bonds. The van der Waals surface area contributed by atoms with E-state index in [0.29, 0.717) is 55.2 Å². The van der Waals surface area contributed by atoms with E-state index in [-0.39, 0.29) is 6.03 Å². The Bertz CT molecular complexity index is 623. The van der Waals surface area contributed by atoms with Gasteiger partial charge in [0, 0.05) is 25.2 Å². The molecule has 7 nitrogen and oxygen atoms in total. The van der Waals surface area contributed by atoms with Gasteiger partial charge in [-0.05, 0) is 18.8 Å². The van der Waals surface area contributed by atoms with Crippen LogP contribution in [0.5, 0.6) is 17.2 Å². The van der Waals surface area contributed by atoms with Gasteiger partial charge in [0.05, 0.1) is 33.6 Å². The van der Waals surface area contributed by atoms with E-state index in [1.165, 1.54) is 21.3 Å². The molecular formula is C19H26N2O5. The number of anilines is 1. The molecule has 1 fully saturated rings. The fourth-order valence-electron chi connectivity index (χ4n) is 2.94. The number of rotatable bonds is 7. The second-order valence-electron chi connectivity index (χ2n) is 5.99. The summed E-state index contributed by atoms with van der Waals surface area (Å²) in [6.07, 6.45) is 6.97. The number of nitrogens with zero attached hydrogens (tertiary/aromatic N) is 1. The van der Waals surface area contributed by atoms with Gasteiger partial charge in [0.15, 0.2) is 11.5 Å². The minimum atomic E-state index is -0.151.